The first kappa shape index (κ1) is 11.0. The lowest BCUT2D eigenvalue weighted by Gasteiger charge is -2.12. The van der Waals surface area contributed by atoms with Crippen LogP contribution >= 0.6 is 15.9 Å². The van der Waals surface area contributed by atoms with E-state index in [0.29, 0.717) is 12.7 Å². The van der Waals surface area contributed by atoms with Gasteiger partial charge in [0, 0.05) is 4.47 Å². The fraction of sp³-hybridized carbons (Fsp3) is 0.500. The van der Waals surface area contributed by atoms with E-state index in [0.717, 1.165) is 23.1 Å². The molecule has 0 spiro atoms. The minimum atomic E-state index is 0.263. The van der Waals surface area contributed by atoms with Gasteiger partial charge in [-0.25, -0.2) is 0 Å². The SMILES string of the molecule is CC1CCC(COc2cccc(Br)c2)O1. The third-order valence-electron chi connectivity index (χ3n) is 2.55. The van der Waals surface area contributed by atoms with Crippen LogP contribution in [0.1, 0.15) is 19.8 Å². The molecule has 3 heteroatoms. The Balaban J connectivity index is 1.83. The summed E-state index contributed by atoms with van der Waals surface area (Å²) in [5.74, 6) is 0.896. The Labute approximate surface area is 98.7 Å². The molecule has 0 saturated carbocycles. The number of halogens is 1. The number of hydrogen-bond acceptors (Lipinski definition) is 2. The maximum absolute atomic E-state index is 5.68. The quantitative estimate of drug-likeness (QED) is 0.838. The molecule has 15 heavy (non-hydrogen) atoms. The van der Waals surface area contributed by atoms with E-state index < -0.39 is 0 Å². The second-order valence-electron chi connectivity index (χ2n) is 3.91. The van der Waals surface area contributed by atoms with Gasteiger partial charge >= 0.3 is 0 Å². The molecule has 2 rings (SSSR count). The maximum Gasteiger partial charge on any atom is 0.120 e. The summed E-state index contributed by atoms with van der Waals surface area (Å²) in [5, 5.41) is 0. The number of benzene rings is 1. The molecule has 0 aliphatic carbocycles. The van der Waals surface area contributed by atoms with Crippen molar-refractivity contribution in [1.29, 1.82) is 0 Å². The average molecular weight is 271 g/mol. The van der Waals surface area contributed by atoms with Gasteiger partial charge in [0.2, 0.25) is 0 Å². The van der Waals surface area contributed by atoms with Crippen LogP contribution < -0.4 is 4.74 Å². The van der Waals surface area contributed by atoms with Crippen molar-refractivity contribution >= 4 is 15.9 Å². The van der Waals surface area contributed by atoms with Gasteiger partial charge in [0.25, 0.3) is 0 Å². The van der Waals surface area contributed by atoms with Crippen molar-refractivity contribution in [3.63, 3.8) is 0 Å². The van der Waals surface area contributed by atoms with Crippen LogP contribution in [0.15, 0.2) is 28.7 Å². The fourth-order valence-corrected chi connectivity index (χ4v) is 2.13. The number of rotatable bonds is 3. The van der Waals surface area contributed by atoms with E-state index in [4.69, 9.17) is 9.47 Å². The van der Waals surface area contributed by atoms with Gasteiger partial charge in [0.15, 0.2) is 0 Å². The highest BCUT2D eigenvalue weighted by Gasteiger charge is 2.22. The molecule has 1 fully saturated rings. The summed E-state index contributed by atoms with van der Waals surface area (Å²) in [4.78, 5) is 0. The lowest BCUT2D eigenvalue weighted by Crippen LogP contribution is -2.17. The van der Waals surface area contributed by atoms with Crippen LogP contribution in [0.2, 0.25) is 0 Å². The molecule has 0 radical (unpaired) electrons. The zero-order chi connectivity index (χ0) is 10.7. The van der Waals surface area contributed by atoms with Crippen LogP contribution in [0.4, 0.5) is 0 Å². The summed E-state index contributed by atoms with van der Waals surface area (Å²) in [6, 6.07) is 7.89. The van der Waals surface area contributed by atoms with Crippen molar-refractivity contribution in [1.82, 2.24) is 0 Å². The molecule has 2 atom stereocenters. The van der Waals surface area contributed by atoms with E-state index in [1.165, 1.54) is 0 Å². The topological polar surface area (TPSA) is 18.5 Å². The summed E-state index contributed by atoms with van der Waals surface area (Å²) < 4.78 is 12.4. The van der Waals surface area contributed by atoms with Crippen LogP contribution in [0, 0.1) is 0 Å². The van der Waals surface area contributed by atoms with Crippen molar-refractivity contribution in [3.8, 4) is 5.75 Å². The van der Waals surface area contributed by atoms with E-state index in [1.54, 1.807) is 0 Å². The van der Waals surface area contributed by atoms with Crippen LogP contribution in [0.25, 0.3) is 0 Å². The lowest BCUT2D eigenvalue weighted by atomic mass is 10.2. The van der Waals surface area contributed by atoms with E-state index >= 15 is 0 Å². The minimum absolute atomic E-state index is 0.263. The Bertz CT molecular complexity index is 327. The predicted octanol–water partition coefficient (Wildman–Crippen LogP) is 3.40. The van der Waals surface area contributed by atoms with E-state index in [9.17, 15) is 0 Å². The molecule has 1 aliphatic rings. The third-order valence-corrected chi connectivity index (χ3v) is 3.05. The van der Waals surface area contributed by atoms with Gasteiger partial charge in [0.05, 0.1) is 12.2 Å². The average Bonchev–Trinajstić information content (AvgIpc) is 2.62. The Kier molecular flexibility index (Phi) is 3.65. The predicted molar refractivity (Wildman–Crippen MR) is 63.2 cm³/mol. The third kappa shape index (κ3) is 3.21. The zero-order valence-corrected chi connectivity index (χ0v) is 10.4. The number of hydrogen-bond donors (Lipinski definition) is 0. The number of ether oxygens (including phenoxy) is 2. The Hall–Kier alpha value is -0.540. The van der Waals surface area contributed by atoms with Gasteiger partial charge in [-0.3, -0.25) is 0 Å². The van der Waals surface area contributed by atoms with Crippen molar-refractivity contribution in [3.05, 3.63) is 28.7 Å². The van der Waals surface area contributed by atoms with Gasteiger partial charge in [-0.2, -0.15) is 0 Å². The second kappa shape index (κ2) is 4.99. The first-order valence-corrected chi connectivity index (χ1v) is 6.07. The molecule has 1 aliphatic heterocycles. The van der Waals surface area contributed by atoms with Gasteiger partial charge in [-0.05, 0) is 38.0 Å². The molecule has 1 heterocycles. The van der Waals surface area contributed by atoms with Gasteiger partial charge < -0.3 is 9.47 Å². The summed E-state index contributed by atoms with van der Waals surface area (Å²) in [5.41, 5.74) is 0. The Morgan fingerprint density at radius 1 is 1.47 bits per heavy atom. The fourth-order valence-electron chi connectivity index (χ4n) is 1.75. The monoisotopic (exact) mass is 270 g/mol. The molecule has 0 N–H and O–H groups in total. The second-order valence-corrected chi connectivity index (χ2v) is 4.83. The highest BCUT2D eigenvalue weighted by molar-refractivity contribution is 9.10. The van der Waals surface area contributed by atoms with Gasteiger partial charge in [-0.1, -0.05) is 22.0 Å². The van der Waals surface area contributed by atoms with E-state index in [1.807, 2.05) is 24.3 Å². The van der Waals surface area contributed by atoms with Crippen LogP contribution in [-0.2, 0) is 4.74 Å². The maximum atomic E-state index is 5.68. The highest BCUT2D eigenvalue weighted by Crippen LogP contribution is 2.22. The summed E-state index contributed by atoms with van der Waals surface area (Å²) in [6.45, 7) is 2.76. The Morgan fingerprint density at radius 2 is 2.33 bits per heavy atom. The molecule has 0 aromatic heterocycles. The molecule has 0 amide bonds. The smallest absolute Gasteiger partial charge is 0.120 e. The first-order chi connectivity index (χ1) is 7.24. The molecule has 2 nitrogen and oxygen atoms in total. The van der Waals surface area contributed by atoms with Crippen LogP contribution in [-0.4, -0.2) is 18.8 Å². The molecular weight excluding hydrogens is 256 g/mol. The van der Waals surface area contributed by atoms with Crippen molar-refractivity contribution < 1.29 is 9.47 Å². The van der Waals surface area contributed by atoms with Crippen LogP contribution in [0.5, 0.6) is 5.75 Å². The van der Waals surface area contributed by atoms with Gasteiger partial charge in [-0.15, -0.1) is 0 Å². The standard InChI is InChI=1S/C12H15BrO2/c1-9-5-6-12(15-9)8-14-11-4-2-3-10(13)7-11/h2-4,7,9,12H,5-6,8H2,1H3. The molecule has 2 unspecified atom stereocenters. The minimum Gasteiger partial charge on any atom is -0.491 e. The van der Waals surface area contributed by atoms with Crippen LogP contribution in [0.3, 0.4) is 0 Å². The molecule has 82 valence electrons. The molecular formula is C12H15BrO2. The van der Waals surface area contributed by atoms with Gasteiger partial charge in [0.1, 0.15) is 12.4 Å². The van der Waals surface area contributed by atoms with E-state index in [-0.39, 0.29) is 6.10 Å². The molecule has 0 bridgehead atoms. The van der Waals surface area contributed by atoms with Crippen molar-refractivity contribution in [2.45, 2.75) is 32.0 Å². The normalized spacial score (nSPS) is 25.5. The molecule has 1 aromatic carbocycles. The lowest BCUT2D eigenvalue weighted by molar-refractivity contribution is 0.0264. The largest absolute Gasteiger partial charge is 0.491 e. The van der Waals surface area contributed by atoms with E-state index in [2.05, 4.69) is 22.9 Å². The zero-order valence-electron chi connectivity index (χ0n) is 8.78. The summed E-state index contributed by atoms with van der Waals surface area (Å²) in [7, 11) is 0. The highest BCUT2D eigenvalue weighted by atomic mass is 79.9. The summed E-state index contributed by atoms with van der Waals surface area (Å²) >= 11 is 3.41. The molecule has 1 saturated heterocycles. The first-order valence-electron chi connectivity index (χ1n) is 5.28. The molecule has 1 aromatic rings. The van der Waals surface area contributed by atoms with Crippen molar-refractivity contribution in [2.75, 3.05) is 6.61 Å². The Morgan fingerprint density at radius 3 is 3.00 bits per heavy atom. The van der Waals surface area contributed by atoms with Crippen molar-refractivity contribution in [2.24, 2.45) is 0 Å². The summed E-state index contributed by atoms with van der Waals surface area (Å²) in [6.07, 6.45) is 2.90.